The van der Waals surface area contributed by atoms with Gasteiger partial charge in [-0.2, -0.15) is 0 Å². The van der Waals surface area contributed by atoms with Crippen LogP contribution in [0.1, 0.15) is 42.5 Å². The minimum atomic E-state index is -0.0770. The lowest BCUT2D eigenvalue weighted by molar-refractivity contribution is -0.134. The van der Waals surface area contributed by atoms with Crippen LogP contribution >= 0.6 is 0 Å². The lowest BCUT2D eigenvalue weighted by Gasteiger charge is -2.35. The molecule has 2 aromatic rings. The van der Waals surface area contributed by atoms with Crippen LogP contribution in [0.2, 0.25) is 0 Å². The van der Waals surface area contributed by atoms with E-state index in [1.807, 2.05) is 18.7 Å². The minimum Gasteiger partial charge on any atom is -0.338 e. The first kappa shape index (κ1) is 17.7. The van der Waals surface area contributed by atoms with E-state index in [4.69, 9.17) is 5.73 Å². The van der Waals surface area contributed by atoms with Crippen molar-refractivity contribution in [3.63, 3.8) is 0 Å². The number of carbonyl (C=O) groups is 1. The molecule has 2 aromatic heterocycles. The molecule has 1 atom stereocenters. The Bertz CT molecular complexity index is 851. The number of fused-ring (bicyclic) bond motifs is 1. The van der Waals surface area contributed by atoms with E-state index >= 15 is 0 Å². The third kappa shape index (κ3) is 3.20. The fourth-order valence-electron chi connectivity index (χ4n) is 3.93. The maximum atomic E-state index is 12.7. The average molecular weight is 345 g/mol. The number of likely N-dealkylation sites (tertiary alicyclic amines) is 1. The molecule has 1 fully saturated rings. The Morgan fingerprint density at radius 2 is 2.12 bits per heavy atom. The van der Waals surface area contributed by atoms with Crippen molar-refractivity contribution in [2.45, 2.75) is 52.0 Å². The highest BCUT2D eigenvalue weighted by atomic mass is 16.2. The van der Waals surface area contributed by atoms with Crippen molar-refractivity contribution < 1.29 is 4.79 Å². The Labute approximate surface area is 147 Å². The second-order valence-corrected chi connectivity index (χ2v) is 6.97. The molecular weight excluding hydrogens is 318 g/mol. The molecule has 0 bridgehead atoms. The fraction of sp³-hybridized carbons (Fsp3) is 0.611. The molecule has 7 nitrogen and oxygen atoms in total. The standard InChI is InChI=1S/C18H27N5O2/c1-11-14(12(2)20-17-16(11)18(25)22(3)21-17)7-8-15(24)23-9-5-4-6-13(23)10-19/h13H,4-10,19H2,1-3H3,(H,20,21)/t13-/m1/s1. The maximum absolute atomic E-state index is 12.7. The molecular formula is C18H27N5O2. The number of amides is 1. The summed E-state index contributed by atoms with van der Waals surface area (Å²) in [6.45, 7) is 5.20. The Hall–Kier alpha value is -2.15. The van der Waals surface area contributed by atoms with Gasteiger partial charge < -0.3 is 10.6 Å². The predicted molar refractivity (Wildman–Crippen MR) is 97.5 cm³/mol. The Morgan fingerprint density at radius 1 is 1.36 bits per heavy atom. The number of rotatable bonds is 4. The molecule has 7 heteroatoms. The fourth-order valence-corrected chi connectivity index (χ4v) is 3.93. The molecule has 25 heavy (non-hydrogen) atoms. The third-order valence-electron chi connectivity index (χ3n) is 5.38. The van der Waals surface area contributed by atoms with Crippen molar-refractivity contribution in [2.24, 2.45) is 12.8 Å². The number of nitrogens with one attached hydrogen (secondary N) is 1. The highest BCUT2D eigenvalue weighted by molar-refractivity contribution is 5.81. The van der Waals surface area contributed by atoms with Gasteiger partial charge in [0.1, 0.15) is 0 Å². The number of nitrogens with two attached hydrogens (primary N) is 1. The van der Waals surface area contributed by atoms with E-state index < -0.39 is 0 Å². The molecule has 0 spiro atoms. The van der Waals surface area contributed by atoms with Crippen LogP contribution in [-0.4, -0.2) is 44.7 Å². The lowest BCUT2D eigenvalue weighted by atomic mass is 9.98. The molecule has 1 aliphatic rings. The number of hydrogen-bond acceptors (Lipinski definition) is 4. The summed E-state index contributed by atoms with van der Waals surface area (Å²) in [6.07, 6.45) is 4.21. The number of nitrogens with zero attached hydrogens (tertiary/aromatic N) is 3. The first-order valence-electron chi connectivity index (χ1n) is 8.98. The lowest BCUT2D eigenvalue weighted by Crippen LogP contribution is -2.47. The van der Waals surface area contributed by atoms with Crippen LogP contribution in [0.15, 0.2) is 4.79 Å². The van der Waals surface area contributed by atoms with Crippen molar-refractivity contribution in [3.05, 3.63) is 27.2 Å². The molecule has 1 aliphatic heterocycles. The number of H-pyrrole nitrogens is 1. The van der Waals surface area contributed by atoms with Crippen molar-refractivity contribution in [3.8, 4) is 0 Å². The van der Waals surface area contributed by atoms with Gasteiger partial charge in [-0.3, -0.25) is 19.4 Å². The highest BCUT2D eigenvalue weighted by Crippen LogP contribution is 2.22. The molecule has 1 amide bonds. The van der Waals surface area contributed by atoms with E-state index in [0.29, 0.717) is 30.4 Å². The monoisotopic (exact) mass is 345 g/mol. The van der Waals surface area contributed by atoms with Gasteiger partial charge in [0.15, 0.2) is 5.65 Å². The summed E-state index contributed by atoms with van der Waals surface area (Å²) >= 11 is 0. The number of piperidine rings is 1. The van der Waals surface area contributed by atoms with Crippen LogP contribution in [0.25, 0.3) is 11.0 Å². The summed E-state index contributed by atoms with van der Waals surface area (Å²) < 4.78 is 1.44. The maximum Gasteiger partial charge on any atom is 0.276 e. The zero-order valence-corrected chi connectivity index (χ0v) is 15.3. The van der Waals surface area contributed by atoms with Gasteiger partial charge in [0, 0.05) is 38.3 Å². The van der Waals surface area contributed by atoms with E-state index in [0.717, 1.165) is 42.6 Å². The van der Waals surface area contributed by atoms with E-state index in [1.165, 1.54) is 4.68 Å². The summed E-state index contributed by atoms with van der Waals surface area (Å²) in [7, 11) is 1.69. The van der Waals surface area contributed by atoms with Crippen LogP contribution in [0, 0.1) is 13.8 Å². The molecule has 0 aromatic carbocycles. The Balaban J connectivity index is 1.82. The van der Waals surface area contributed by atoms with Crippen LogP contribution in [0.3, 0.4) is 0 Å². The average Bonchev–Trinajstić information content (AvgIpc) is 2.88. The van der Waals surface area contributed by atoms with Crippen LogP contribution in [0.4, 0.5) is 0 Å². The van der Waals surface area contributed by atoms with Gasteiger partial charge >= 0.3 is 0 Å². The van der Waals surface area contributed by atoms with Gasteiger partial charge in [-0.05, 0) is 50.7 Å². The van der Waals surface area contributed by atoms with Gasteiger partial charge in [0.2, 0.25) is 5.91 Å². The van der Waals surface area contributed by atoms with Crippen LogP contribution in [0.5, 0.6) is 0 Å². The number of hydrogen-bond donors (Lipinski definition) is 2. The molecule has 1 saturated heterocycles. The summed E-state index contributed by atoms with van der Waals surface area (Å²) in [4.78, 5) is 31.4. The number of pyridine rings is 1. The first-order valence-corrected chi connectivity index (χ1v) is 8.98. The summed E-state index contributed by atoms with van der Waals surface area (Å²) in [5.41, 5.74) is 9.15. The summed E-state index contributed by atoms with van der Waals surface area (Å²) in [5.74, 6) is 0.149. The zero-order chi connectivity index (χ0) is 18.1. The second-order valence-electron chi connectivity index (χ2n) is 6.97. The van der Waals surface area contributed by atoms with Gasteiger partial charge in [0.25, 0.3) is 5.56 Å². The van der Waals surface area contributed by atoms with E-state index in [-0.39, 0.29) is 17.5 Å². The number of aromatic nitrogens is 3. The minimum absolute atomic E-state index is 0.0770. The highest BCUT2D eigenvalue weighted by Gasteiger charge is 2.25. The van der Waals surface area contributed by atoms with Crippen LogP contribution in [-0.2, 0) is 18.3 Å². The van der Waals surface area contributed by atoms with E-state index in [9.17, 15) is 9.59 Å². The topological polar surface area (TPSA) is 97.0 Å². The smallest absolute Gasteiger partial charge is 0.276 e. The molecule has 3 rings (SSSR count). The molecule has 3 N–H and O–H groups in total. The number of aromatic amines is 1. The van der Waals surface area contributed by atoms with Crippen molar-refractivity contribution in [2.75, 3.05) is 13.1 Å². The number of carbonyl (C=O) groups excluding carboxylic acids is 1. The molecule has 136 valence electrons. The zero-order valence-electron chi connectivity index (χ0n) is 15.3. The van der Waals surface area contributed by atoms with Gasteiger partial charge in [-0.25, -0.2) is 4.98 Å². The summed E-state index contributed by atoms with van der Waals surface area (Å²) in [6, 6.07) is 0.168. The summed E-state index contributed by atoms with van der Waals surface area (Å²) in [5, 5.41) is 3.59. The predicted octanol–water partition coefficient (Wildman–Crippen LogP) is 1.15. The van der Waals surface area contributed by atoms with E-state index in [1.54, 1.807) is 7.05 Å². The van der Waals surface area contributed by atoms with Gasteiger partial charge in [-0.1, -0.05) is 0 Å². The van der Waals surface area contributed by atoms with Gasteiger partial charge in [-0.15, -0.1) is 0 Å². The quantitative estimate of drug-likeness (QED) is 0.869. The number of aryl methyl sites for hydroxylation is 3. The first-order chi connectivity index (χ1) is 11.9. The largest absolute Gasteiger partial charge is 0.338 e. The van der Waals surface area contributed by atoms with Crippen molar-refractivity contribution in [1.82, 2.24) is 19.7 Å². The molecule has 0 aliphatic carbocycles. The molecule has 0 saturated carbocycles. The van der Waals surface area contributed by atoms with Crippen LogP contribution < -0.4 is 11.3 Å². The second kappa shape index (κ2) is 7.00. The van der Waals surface area contributed by atoms with E-state index in [2.05, 4.69) is 10.1 Å². The van der Waals surface area contributed by atoms with Crippen molar-refractivity contribution >= 4 is 16.9 Å². The van der Waals surface area contributed by atoms with Gasteiger partial charge in [0.05, 0.1) is 5.39 Å². The SMILES string of the molecule is Cc1nc2[nH]n(C)c(=O)c2c(C)c1CCC(=O)N1CCCC[C@@H]1CN. The molecule has 0 radical (unpaired) electrons. The molecule has 3 heterocycles. The normalized spacial score (nSPS) is 18.1. The van der Waals surface area contributed by atoms with Crippen molar-refractivity contribution in [1.29, 1.82) is 0 Å². The third-order valence-corrected chi connectivity index (χ3v) is 5.38. The Morgan fingerprint density at radius 3 is 2.84 bits per heavy atom. The Kier molecular flexibility index (Phi) is 4.94. The molecule has 0 unspecified atom stereocenters.